The zero-order valence-corrected chi connectivity index (χ0v) is 10.5. The lowest BCUT2D eigenvalue weighted by molar-refractivity contribution is -0.385. The van der Waals surface area contributed by atoms with Crippen molar-refractivity contribution in [2.45, 2.75) is 19.4 Å². The van der Waals surface area contributed by atoms with E-state index in [1.807, 2.05) is 16.8 Å². The number of aromatic nitrogens is 2. The van der Waals surface area contributed by atoms with E-state index in [1.54, 1.807) is 18.3 Å². The van der Waals surface area contributed by atoms with E-state index in [9.17, 15) is 10.1 Å². The molecule has 6 heteroatoms. The maximum absolute atomic E-state index is 10.9. The van der Waals surface area contributed by atoms with E-state index in [-0.39, 0.29) is 10.6 Å². The van der Waals surface area contributed by atoms with E-state index in [4.69, 9.17) is 5.73 Å². The molecule has 19 heavy (non-hydrogen) atoms. The Morgan fingerprint density at radius 1 is 1.32 bits per heavy atom. The molecule has 0 spiro atoms. The molecule has 0 aliphatic heterocycles. The third-order valence-electron chi connectivity index (χ3n) is 2.98. The zero-order valence-electron chi connectivity index (χ0n) is 10.5. The summed E-state index contributed by atoms with van der Waals surface area (Å²) in [5.74, 6) is 0.918. The molecule has 6 nitrogen and oxygen atoms in total. The molecule has 1 aromatic heterocycles. The Morgan fingerprint density at radius 3 is 2.84 bits per heavy atom. The normalized spacial score (nSPS) is 10.6. The molecule has 1 heterocycles. The van der Waals surface area contributed by atoms with Gasteiger partial charge in [-0.05, 0) is 13.0 Å². The molecule has 0 aliphatic rings. The van der Waals surface area contributed by atoms with Gasteiger partial charge in [0.2, 0.25) is 0 Å². The predicted octanol–water partition coefficient (Wildman–Crippen LogP) is 1.54. The second kappa shape index (κ2) is 6.10. The molecular weight excluding hydrogens is 244 g/mol. The predicted molar refractivity (Wildman–Crippen MR) is 71.8 cm³/mol. The summed E-state index contributed by atoms with van der Waals surface area (Å²) in [7, 11) is 0. The molecule has 1 aromatic carbocycles. The maximum Gasteiger partial charge on any atom is 0.272 e. The van der Waals surface area contributed by atoms with Gasteiger partial charge in [-0.15, -0.1) is 0 Å². The lowest BCUT2D eigenvalue weighted by Crippen LogP contribution is -2.11. The van der Waals surface area contributed by atoms with Crippen LogP contribution in [0, 0.1) is 10.1 Å². The lowest BCUT2D eigenvalue weighted by atomic mass is 10.1. The van der Waals surface area contributed by atoms with Gasteiger partial charge in [0, 0.05) is 37.0 Å². The van der Waals surface area contributed by atoms with Crippen LogP contribution in [0.1, 0.15) is 11.4 Å². The fourth-order valence-electron chi connectivity index (χ4n) is 2.04. The first kappa shape index (κ1) is 13.2. The summed E-state index contributed by atoms with van der Waals surface area (Å²) in [6.07, 6.45) is 4.92. The largest absolute Gasteiger partial charge is 0.335 e. The van der Waals surface area contributed by atoms with Crippen molar-refractivity contribution in [1.29, 1.82) is 0 Å². The second-order valence-electron chi connectivity index (χ2n) is 4.21. The number of nitro groups is 1. The Kier molecular flexibility index (Phi) is 4.25. The highest BCUT2D eigenvalue weighted by molar-refractivity contribution is 5.39. The average Bonchev–Trinajstić information content (AvgIpc) is 2.84. The molecule has 0 fully saturated rings. The Balaban J connectivity index is 2.10. The minimum absolute atomic E-state index is 0.169. The number of para-hydroxylation sites is 1. The van der Waals surface area contributed by atoms with Crippen LogP contribution in [0.5, 0.6) is 0 Å². The fraction of sp³-hybridized carbons (Fsp3) is 0.308. The second-order valence-corrected chi connectivity index (χ2v) is 4.21. The van der Waals surface area contributed by atoms with Crippen LogP contribution >= 0.6 is 0 Å². The van der Waals surface area contributed by atoms with E-state index >= 15 is 0 Å². The van der Waals surface area contributed by atoms with E-state index in [0.29, 0.717) is 25.9 Å². The Labute approximate surface area is 111 Å². The molecule has 0 amide bonds. The van der Waals surface area contributed by atoms with E-state index in [1.165, 1.54) is 6.07 Å². The highest BCUT2D eigenvalue weighted by Crippen LogP contribution is 2.18. The van der Waals surface area contributed by atoms with Crippen molar-refractivity contribution in [3.8, 4) is 0 Å². The Hall–Kier alpha value is -2.21. The molecule has 0 saturated heterocycles. The van der Waals surface area contributed by atoms with Crippen molar-refractivity contribution < 1.29 is 4.92 Å². The smallest absolute Gasteiger partial charge is 0.272 e. The van der Waals surface area contributed by atoms with Gasteiger partial charge in [-0.1, -0.05) is 18.2 Å². The lowest BCUT2D eigenvalue weighted by Gasteiger charge is -2.07. The number of aryl methyl sites for hydroxylation is 2. The number of nitrogens with two attached hydrogens (primary N) is 1. The van der Waals surface area contributed by atoms with Crippen LogP contribution in [0.25, 0.3) is 0 Å². The van der Waals surface area contributed by atoms with E-state index < -0.39 is 0 Å². The summed E-state index contributed by atoms with van der Waals surface area (Å²) in [6.45, 7) is 1.21. The first-order valence-electron chi connectivity index (χ1n) is 6.14. The maximum atomic E-state index is 10.9. The van der Waals surface area contributed by atoms with Gasteiger partial charge in [0.15, 0.2) is 0 Å². The van der Waals surface area contributed by atoms with Crippen molar-refractivity contribution in [3.63, 3.8) is 0 Å². The minimum Gasteiger partial charge on any atom is -0.335 e. The average molecular weight is 260 g/mol. The Morgan fingerprint density at radius 2 is 2.11 bits per heavy atom. The third kappa shape index (κ3) is 3.17. The molecule has 2 aromatic rings. The molecule has 0 bridgehead atoms. The van der Waals surface area contributed by atoms with Crippen LogP contribution in [0.3, 0.4) is 0 Å². The Bertz CT molecular complexity index is 565. The van der Waals surface area contributed by atoms with Crippen LogP contribution in [0.4, 0.5) is 5.69 Å². The molecule has 0 aliphatic carbocycles. The van der Waals surface area contributed by atoms with Gasteiger partial charge in [0.1, 0.15) is 5.82 Å². The third-order valence-corrected chi connectivity index (χ3v) is 2.98. The van der Waals surface area contributed by atoms with Crippen LogP contribution in [0.15, 0.2) is 36.7 Å². The first-order valence-corrected chi connectivity index (χ1v) is 6.14. The number of nitro benzene ring substituents is 1. The molecule has 0 atom stereocenters. The highest BCUT2D eigenvalue weighted by atomic mass is 16.6. The molecule has 0 radical (unpaired) electrons. The standard InChI is InChI=1S/C13H16N4O2/c14-7-5-13-15-8-10-16(13)9-6-11-3-1-2-4-12(11)17(18)19/h1-4,8,10H,5-7,9,14H2. The summed E-state index contributed by atoms with van der Waals surface area (Å²) in [6, 6.07) is 6.82. The van der Waals surface area contributed by atoms with Crippen molar-refractivity contribution in [2.24, 2.45) is 5.73 Å². The van der Waals surface area contributed by atoms with Gasteiger partial charge in [0.25, 0.3) is 5.69 Å². The fourth-order valence-corrected chi connectivity index (χ4v) is 2.04. The molecular formula is C13H16N4O2. The van der Waals surface area contributed by atoms with Crippen LogP contribution < -0.4 is 5.73 Å². The molecule has 2 rings (SSSR count). The summed E-state index contributed by atoms with van der Waals surface area (Å²) >= 11 is 0. The molecule has 2 N–H and O–H groups in total. The van der Waals surface area contributed by atoms with E-state index in [0.717, 1.165) is 11.4 Å². The van der Waals surface area contributed by atoms with Crippen LogP contribution in [-0.4, -0.2) is 21.0 Å². The van der Waals surface area contributed by atoms with Crippen molar-refractivity contribution in [1.82, 2.24) is 9.55 Å². The number of hydrogen-bond acceptors (Lipinski definition) is 4. The van der Waals surface area contributed by atoms with Gasteiger partial charge < -0.3 is 10.3 Å². The van der Waals surface area contributed by atoms with Gasteiger partial charge in [-0.3, -0.25) is 10.1 Å². The molecule has 100 valence electrons. The number of imidazole rings is 1. The highest BCUT2D eigenvalue weighted by Gasteiger charge is 2.12. The monoisotopic (exact) mass is 260 g/mol. The van der Waals surface area contributed by atoms with Crippen LogP contribution in [0.2, 0.25) is 0 Å². The minimum atomic E-state index is -0.343. The quantitative estimate of drug-likeness (QED) is 0.630. The SMILES string of the molecule is NCCc1nccn1CCc1ccccc1[N+](=O)[O-]. The van der Waals surface area contributed by atoms with Crippen molar-refractivity contribution >= 4 is 5.69 Å². The van der Waals surface area contributed by atoms with Gasteiger partial charge in [-0.2, -0.15) is 0 Å². The zero-order chi connectivity index (χ0) is 13.7. The first-order chi connectivity index (χ1) is 9.22. The topological polar surface area (TPSA) is 87.0 Å². The summed E-state index contributed by atoms with van der Waals surface area (Å²) in [5.41, 5.74) is 6.42. The van der Waals surface area contributed by atoms with Crippen molar-refractivity contribution in [2.75, 3.05) is 6.54 Å². The van der Waals surface area contributed by atoms with Crippen molar-refractivity contribution in [3.05, 3.63) is 58.2 Å². The van der Waals surface area contributed by atoms with Crippen LogP contribution in [-0.2, 0) is 19.4 Å². The van der Waals surface area contributed by atoms with E-state index in [2.05, 4.69) is 4.98 Å². The summed E-state index contributed by atoms with van der Waals surface area (Å²) in [4.78, 5) is 14.8. The number of nitrogens with zero attached hydrogens (tertiary/aromatic N) is 3. The van der Waals surface area contributed by atoms with Gasteiger partial charge >= 0.3 is 0 Å². The van der Waals surface area contributed by atoms with Gasteiger partial charge in [0.05, 0.1) is 4.92 Å². The summed E-state index contributed by atoms with van der Waals surface area (Å²) < 4.78 is 1.99. The van der Waals surface area contributed by atoms with Gasteiger partial charge in [-0.25, -0.2) is 4.98 Å². The number of benzene rings is 1. The summed E-state index contributed by atoms with van der Waals surface area (Å²) in [5, 5.41) is 10.9. The molecule has 0 unspecified atom stereocenters. The molecule has 0 saturated carbocycles. The number of rotatable bonds is 6. The number of hydrogen-bond donors (Lipinski definition) is 1.